The molecule has 3 atom stereocenters. The van der Waals surface area contributed by atoms with Gasteiger partial charge in [-0.2, -0.15) is 0 Å². The summed E-state index contributed by atoms with van der Waals surface area (Å²) in [5.74, 6) is -3.15. The number of hydrogen-bond donors (Lipinski definition) is 2. The molecule has 0 radical (unpaired) electrons. The first-order valence-electron chi connectivity index (χ1n) is 9.60. The highest BCUT2D eigenvalue weighted by atomic mass is 19.1. The van der Waals surface area contributed by atoms with Gasteiger partial charge in [-0.1, -0.05) is 0 Å². The second-order valence-corrected chi connectivity index (χ2v) is 7.89. The topological polar surface area (TPSA) is 81.8 Å². The first-order valence-corrected chi connectivity index (χ1v) is 9.60. The van der Waals surface area contributed by atoms with Crippen LogP contribution in [0.4, 0.5) is 14.5 Å². The molecule has 7 nitrogen and oxygen atoms in total. The zero-order valence-electron chi connectivity index (χ0n) is 15.1. The summed E-state index contributed by atoms with van der Waals surface area (Å²) in [6.07, 6.45) is 2.12. The Kier molecular flexibility index (Phi) is 3.90. The Balaban J connectivity index is 1.56. The molecule has 4 aliphatic rings. The number of benzene rings is 1. The monoisotopic (exact) mass is 390 g/mol. The van der Waals surface area contributed by atoms with Crippen LogP contribution in [0.1, 0.15) is 41.6 Å². The Labute approximate surface area is 160 Å². The normalized spacial score (nSPS) is 29.4. The van der Waals surface area contributed by atoms with E-state index in [1.807, 2.05) is 4.90 Å². The van der Waals surface area contributed by atoms with E-state index in [0.717, 1.165) is 18.9 Å². The van der Waals surface area contributed by atoms with Crippen LogP contribution in [-0.4, -0.2) is 53.8 Å². The zero-order valence-corrected chi connectivity index (χ0v) is 15.1. The number of nitrogens with one attached hydrogen (secondary N) is 2. The Bertz CT molecular complexity index is 890. The quantitative estimate of drug-likeness (QED) is 0.726. The van der Waals surface area contributed by atoms with Crippen molar-refractivity contribution in [1.29, 1.82) is 0 Å². The van der Waals surface area contributed by atoms with Gasteiger partial charge < -0.3 is 15.1 Å². The van der Waals surface area contributed by atoms with Crippen LogP contribution in [0.5, 0.6) is 0 Å². The SMILES string of the molecule is O=C1CCC(N2Cc3c(c(F)cc(F)c3N3C4CCC3CNC4)C2=O)C(=O)N1. The minimum absolute atomic E-state index is 0.0339. The Morgan fingerprint density at radius 1 is 1.00 bits per heavy atom. The Hall–Kier alpha value is -2.55. The van der Waals surface area contributed by atoms with Gasteiger partial charge in [0.15, 0.2) is 0 Å². The lowest BCUT2D eigenvalue weighted by Gasteiger charge is -2.38. The number of piperazine rings is 1. The van der Waals surface area contributed by atoms with E-state index in [4.69, 9.17) is 0 Å². The lowest BCUT2D eigenvalue weighted by atomic mass is 10.0. The van der Waals surface area contributed by atoms with E-state index in [0.29, 0.717) is 18.7 Å². The number of hydrogen-bond acceptors (Lipinski definition) is 5. The van der Waals surface area contributed by atoms with Crippen LogP contribution in [0.25, 0.3) is 0 Å². The van der Waals surface area contributed by atoms with Gasteiger partial charge >= 0.3 is 0 Å². The van der Waals surface area contributed by atoms with E-state index in [2.05, 4.69) is 10.6 Å². The molecule has 1 aromatic rings. The van der Waals surface area contributed by atoms with Gasteiger partial charge in [0.1, 0.15) is 17.7 Å². The lowest BCUT2D eigenvalue weighted by Crippen LogP contribution is -2.53. The molecule has 28 heavy (non-hydrogen) atoms. The second kappa shape index (κ2) is 6.23. The molecule has 4 heterocycles. The minimum Gasteiger partial charge on any atom is -0.360 e. The van der Waals surface area contributed by atoms with Gasteiger partial charge in [-0.05, 0) is 19.3 Å². The number of piperidine rings is 1. The summed E-state index contributed by atoms with van der Waals surface area (Å²) in [7, 11) is 0. The molecule has 148 valence electrons. The standard InChI is InChI=1S/C19H20F2N4O3/c20-12-5-13(21)17(25-9-1-2-10(25)7-22-6-9)11-8-24(19(28)16(11)12)14-3-4-15(26)23-18(14)27/h5,9-10,14,22H,1-4,6-8H2,(H,23,26,27). The number of halogens is 2. The van der Waals surface area contributed by atoms with Gasteiger partial charge in [0, 0.05) is 49.8 Å². The average Bonchev–Trinajstić information content (AvgIpc) is 3.08. The third kappa shape index (κ3) is 2.45. The summed E-state index contributed by atoms with van der Waals surface area (Å²) in [5.41, 5.74) is 0.443. The van der Waals surface area contributed by atoms with Crippen LogP contribution in [0.3, 0.4) is 0 Å². The summed E-state index contributed by atoms with van der Waals surface area (Å²) in [4.78, 5) is 39.8. The van der Waals surface area contributed by atoms with Gasteiger partial charge in [0.25, 0.3) is 5.91 Å². The van der Waals surface area contributed by atoms with Crippen molar-refractivity contribution in [2.75, 3.05) is 18.0 Å². The van der Waals surface area contributed by atoms with Crippen LogP contribution in [0.2, 0.25) is 0 Å². The predicted octanol–water partition coefficient (Wildman–Crippen LogP) is 0.666. The zero-order chi connectivity index (χ0) is 19.6. The van der Waals surface area contributed by atoms with Crippen molar-refractivity contribution in [3.05, 3.63) is 28.8 Å². The molecule has 4 aliphatic heterocycles. The van der Waals surface area contributed by atoms with E-state index in [9.17, 15) is 23.2 Å². The van der Waals surface area contributed by atoms with E-state index in [-0.39, 0.29) is 48.6 Å². The third-order valence-electron chi connectivity index (χ3n) is 6.33. The lowest BCUT2D eigenvalue weighted by molar-refractivity contribution is -0.136. The second-order valence-electron chi connectivity index (χ2n) is 7.89. The highest BCUT2D eigenvalue weighted by Gasteiger charge is 2.45. The van der Waals surface area contributed by atoms with Gasteiger partial charge in [-0.15, -0.1) is 0 Å². The number of imide groups is 1. The molecule has 3 saturated heterocycles. The van der Waals surface area contributed by atoms with Crippen LogP contribution in [-0.2, 0) is 16.1 Å². The fraction of sp³-hybridized carbons (Fsp3) is 0.526. The number of carbonyl (C=O) groups excluding carboxylic acids is 3. The summed E-state index contributed by atoms with van der Waals surface area (Å²) in [5, 5.41) is 5.55. The maximum atomic E-state index is 14.9. The molecule has 0 spiro atoms. The maximum Gasteiger partial charge on any atom is 0.258 e. The van der Waals surface area contributed by atoms with Crippen molar-refractivity contribution in [1.82, 2.24) is 15.5 Å². The Morgan fingerprint density at radius 2 is 1.71 bits per heavy atom. The molecule has 3 amide bonds. The van der Waals surface area contributed by atoms with Gasteiger partial charge in [-0.3, -0.25) is 19.7 Å². The van der Waals surface area contributed by atoms with Gasteiger partial charge in [0.2, 0.25) is 11.8 Å². The molecule has 0 aliphatic carbocycles. The number of rotatable bonds is 2. The van der Waals surface area contributed by atoms with E-state index in [1.165, 1.54) is 4.90 Å². The number of anilines is 1. The van der Waals surface area contributed by atoms with Crippen molar-refractivity contribution in [2.24, 2.45) is 0 Å². The number of carbonyl (C=O) groups is 3. The fourth-order valence-corrected chi connectivity index (χ4v) is 5.08. The molecule has 1 aromatic carbocycles. The summed E-state index contributed by atoms with van der Waals surface area (Å²) < 4.78 is 29.5. The maximum absolute atomic E-state index is 14.9. The largest absolute Gasteiger partial charge is 0.360 e. The number of amides is 3. The molecular weight excluding hydrogens is 370 g/mol. The van der Waals surface area contributed by atoms with Crippen LogP contribution in [0.15, 0.2) is 6.07 Å². The first kappa shape index (κ1) is 17.5. The van der Waals surface area contributed by atoms with Crippen molar-refractivity contribution in [3.8, 4) is 0 Å². The molecule has 9 heteroatoms. The van der Waals surface area contributed by atoms with Crippen LogP contribution < -0.4 is 15.5 Å². The molecule has 0 aromatic heterocycles. The van der Waals surface area contributed by atoms with E-state index in [1.54, 1.807) is 0 Å². The van der Waals surface area contributed by atoms with Crippen LogP contribution >= 0.6 is 0 Å². The molecule has 2 N–H and O–H groups in total. The van der Waals surface area contributed by atoms with Gasteiger partial charge in [-0.25, -0.2) is 8.78 Å². The fourth-order valence-electron chi connectivity index (χ4n) is 5.08. The summed E-state index contributed by atoms with van der Waals surface area (Å²) in [6.45, 7) is 1.40. The van der Waals surface area contributed by atoms with Gasteiger partial charge in [0.05, 0.1) is 11.3 Å². The predicted molar refractivity (Wildman–Crippen MR) is 94.6 cm³/mol. The van der Waals surface area contributed by atoms with Crippen LogP contribution in [0, 0.1) is 11.6 Å². The first-order chi connectivity index (χ1) is 13.5. The van der Waals surface area contributed by atoms with Crippen molar-refractivity contribution < 1.29 is 23.2 Å². The third-order valence-corrected chi connectivity index (χ3v) is 6.33. The smallest absolute Gasteiger partial charge is 0.258 e. The van der Waals surface area contributed by atoms with E-state index >= 15 is 0 Å². The number of nitrogens with zero attached hydrogens (tertiary/aromatic N) is 2. The number of fused-ring (bicyclic) bond motifs is 3. The van der Waals surface area contributed by atoms with Crippen molar-refractivity contribution >= 4 is 23.4 Å². The minimum atomic E-state index is -0.904. The Morgan fingerprint density at radius 3 is 2.39 bits per heavy atom. The molecule has 5 rings (SSSR count). The molecule has 0 saturated carbocycles. The van der Waals surface area contributed by atoms with E-state index < -0.39 is 29.5 Å². The molecular formula is C19H20F2N4O3. The molecule has 2 bridgehead atoms. The average molecular weight is 390 g/mol. The van der Waals surface area contributed by atoms with Crippen molar-refractivity contribution in [2.45, 2.75) is 50.4 Å². The molecule has 3 unspecified atom stereocenters. The highest BCUT2D eigenvalue weighted by molar-refractivity contribution is 6.06. The highest BCUT2D eigenvalue weighted by Crippen LogP contribution is 2.42. The summed E-state index contributed by atoms with van der Waals surface area (Å²) >= 11 is 0. The molecule has 3 fully saturated rings. The summed E-state index contributed by atoms with van der Waals surface area (Å²) in [6, 6.07) is 0.124. The van der Waals surface area contributed by atoms with Crippen molar-refractivity contribution in [3.63, 3.8) is 0 Å².